The number of amides is 1. The second-order valence-electron chi connectivity index (χ2n) is 8.06. The van der Waals surface area contributed by atoms with Crippen LogP contribution in [0.4, 0.5) is 0 Å². The first-order valence-electron chi connectivity index (χ1n) is 10.5. The fourth-order valence-corrected chi connectivity index (χ4v) is 4.38. The van der Waals surface area contributed by atoms with E-state index in [1.54, 1.807) is 0 Å². The van der Waals surface area contributed by atoms with Crippen molar-refractivity contribution >= 4 is 16.8 Å². The Hall–Kier alpha value is -3.46. The second kappa shape index (κ2) is 7.75. The van der Waals surface area contributed by atoms with E-state index in [-0.39, 0.29) is 11.9 Å². The van der Waals surface area contributed by atoms with E-state index in [9.17, 15) is 4.79 Å². The summed E-state index contributed by atoms with van der Waals surface area (Å²) < 4.78 is 0. The summed E-state index contributed by atoms with van der Waals surface area (Å²) in [6.45, 7) is 2.07. The molecule has 148 valence electrons. The number of aryl methyl sites for hydroxylation is 2. The molecule has 4 aromatic rings. The fourth-order valence-electron chi connectivity index (χ4n) is 4.38. The van der Waals surface area contributed by atoms with Crippen LogP contribution < -0.4 is 5.32 Å². The molecular weight excluding hydrogens is 368 g/mol. The van der Waals surface area contributed by atoms with Gasteiger partial charge in [0.05, 0.1) is 22.8 Å². The number of rotatable bonds is 3. The average Bonchev–Trinajstić information content (AvgIpc) is 2.79. The van der Waals surface area contributed by atoms with Crippen molar-refractivity contribution in [1.82, 2.24) is 10.3 Å². The van der Waals surface area contributed by atoms with Gasteiger partial charge >= 0.3 is 0 Å². The van der Waals surface area contributed by atoms with Gasteiger partial charge in [-0.25, -0.2) is 4.98 Å². The summed E-state index contributed by atoms with van der Waals surface area (Å²) in [4.78, 5) is 18.3. The number of hydrogen-bond acceptors (Lipinski definition) is 2. The van der Waals surface area contributed by atoms with E-state index in [0.717, 1.165) is 41.4 Å². The quantitative estimate of drug-likeness (QED) is 0.463. The molecule has 1 aromatic heterocycles. The molecule has 0 saturated carbocycles. The summed E-state index contributed by atoms with van der Waals surface area (Å²) in [6, 6.07) is 26.6. The van der Waals surface area contributed by atoms with Crippen LogP contribution in [0.3, 0.4) is 0 Å². The number of aromatic nitrogens is 1. The van der Waals surface area contributed by atoms with Crippen molar-refractivity contribution in [2.24, 2.45) is 0 Å². The summed E-state index contributed by atoms with van der Waals surface area (Å²) >= 11 is 0. The van der Waals surface area contributed by atoms with Crippen molar-refractivity contribution in [2.75, 3.05) is 0 Å². The number of pyridine rings is 1. The van der Waals surface area contributed by atoms with Gasteiger partial charge in [-0.2, -0.15) is 0 Å². The zero-order chi connectivity index (χ0) is 20.5. The maximum absolute atomic E-state index is 13.4. The van der Waals surface area contributed by atoms with Crippen molar-refractivity contribution in [3.63, 3.8) is 0 Å². The smallest absolute Gasteiger partial charge is 0.252 e. The summed E-state index contributed by atoms with van der Waals surface area (Å²) in [5, 5.41) is 4.19. The molecule has 1 heterocycles. The van der Waals surface area contributed by atoms with E-state index in [1.165, 1.54) is 16.7 Å². The molecular formula is C27H24N2O. The molecule has 0 aliphatic heterocycles. The van der Waals surface area contributed by atoms with Crippen LogP contribution >= 0.6 is 0 Å². The van der Waals surface area contributed by atoms with Gasteiger partial charge in [0.2, 0.25) is 0 Å². The van der Waals surface area contributed by atoms with E-state index in [1.807, 2.05) is 30.3 Å². The summed E-state index contributed by atoms with van der Waals surface area (Å²) in [5.74, 6) is -0.0383. The standard InChI is InChI=1S/C27H24N2O/c1-18-13-15-20(16-14-18)26-17-23(22-10-4-5-11-25(22)28-26)27(30)29-24-12-6-8-19-7-2-3-9-21(19)24/h2-5,7,9-11,13-17,24H,6,8,12H2,1H3,(H,29,30)/t24-/m0/s1. The molecule has 5 rings (SSSR count). The molecule has 3 aromatic carbocycles. The van der Waals surface area contributed by atoms with Crippen LogP contribution in [0.15, 0.2) is 78.9 Å². The molecule has 1 aliphatic rings. The number of nitrogens with one attached hydrogen (secondary N) is 1. The molecule has 0 fully saturated rings. The summed E-state index contributed by atoms with van der Waals surface area (Å²) in [5.41, 5.74) is 7.15. The fraction of sp³-hybridized carbons (Fsp3) is 0.185. The number of para-hydroxylation sites is 1. The van der Waals surface area contributed by atoms with E-state index in [2.05, 4.69) is 60.8 Å². The van der Waals surface area contributed by atoms with E-state index in [0.29, 0.717) is 5.56 Å². The number of carbonyl (C=O) groups is 1. The molecule has 1 atom stereocenters. The minimum atomic E-state index is -0.0383. The molecule has 3 heteroatoms. The van der Waals surface area contributed by atoms with Gasteiger partial charge in [-0.1, -0.05) is 72.3 Å². The lowest BCUT2D eigenvalue weighted by molar-refractivity contribution is 0.0934. The molecule has 3 nitrogen and oxygen atoms in total. The Kier molecular flexibility index (Phi) is 4.80. The van der Waals surface area contributed by atoms with Crippen LogP contribution in [0.5, 0.6) is 0 Å². The first-order chi connectivity index (χ1) is 14.7. The number of hydrogen-bond donors (Lipinski definition) is 1. The van der Waals surface area contributed by atoms with E-state index < -0.39 is 0 Å². The molecule has 0 bridgehead atoms. The van der Waals surface area contributed by atoms with Gasteiger partial charge in [0.1, 0.15) is 0 Å². The monoisotopic (exact) mass is 392 g/mol. The van der Waals surface area contributed by atoms with Gasteiger partial charge in [0.25, 0.3) is 5.91 Å². The predicted octanol–water partition coefficient (Wildman–Crippen LogP) is 6.02. The summed E-state index contributed by atoms with van der Waals surface area (Å²) in [6.07, 6.45) is 3.14. The highest BCUT2D eigenvalue weighted by molar-refractivity contribution is 6.07. The van der Waals surface area contributed by atoms with Crippen LogP contribution in [-0.2, 0) is 6.42 Å². The second-order valence-corrected chi connectivity index (χ2v) is 8.06. The van der Waals surface area contributed by atoms with Crippen LogP contribution in [-0.4, -0.2) is 10.9 Å². The van der Waals surface area contributed by atoms with Crippen molar-refractivity contribution in [3.8, 4) is 11.3 Å². The largest absolute Gasteiger partial charge is 0.345 e. The van der Waals surface area contributed by atoms with Crippen molar-refractivity contribution in [1.29, 1.82) is 0 Å². The molecule has 30 heavy (non-hydrogen) atoms. The Labute approximate surface area is 176 Å². The van der Waals surface area contributed by atoms with Gasteiger partial charge in [-0.05, 0) is 49.4 Å². The maximum atomic E-state index is 13.4. The number of benzene rings is 3. The van der Waals surface area contributed by atoms with Crippen molar-refractivity contribution in [3.05, 3.63) is 101 Å². The van der Waals surface area contributed by atoms with Crippen molar-refractivity contribution < 1.29 is 4.79 Å². The topological polar surface area (TPSA) is 42.0 Å². The zero-order valence-electron chi connectivity index (χ0n) is 17.1. The molecule has 1 N–H and O–H groups in total. The number of carbonyl (C=O) groups excluding carboxylic acids is 1. The van der Waals surface area contributed by atoms with Gasteiger partial charge in [0, 0.05) is 10.9 Å². The van der Waals surface area contributed by atoms with Crippen molar-refractivity contribution in [2.45, 2.75) is 32.2 Å². The van der Waals surface area contributed by atoms with Gasteiger partial charge in [-0.3, -0.25) is 4.79 Å². The third-order valence-corrected chi connectivity index (χ3v) is 5.98. The highest BCUT2D eigenvalue weighted by atomic mass is 16.1. The van der Waals surface area contributed by atoms with Crippen LogP contribution in [0.1, 0.15) is 45.9 Å². The number of nitrogens with zero attached hydrogens (tertiary/aromatic N) is 1. The first kappa shape index (κ1) is 18.6. The maximum Gasteiger partial charge on any atom is 0.252 e. The minimum Gasteiger partial charge on any atom is -0.345 e. The van der Waals surface area contributed by atoms with Gasteiger partial charge in [0.15, 0.2) is 0 Å². The average molecular weight is 393 g/mol. The lowest BCUT2D eigenvalue weighted by Gasteiger charge is -2.26. The number of fused-ring (bicyclic) bond motifs is 2. The lowest BCUT2D eigenvalue weighted by Crippen LogP contribution is -2.31. The van der Waals surface area contributed by atoms with Crippen LogP contribution in [0.25, 0.3) is 22.2 Å². The third kappa shape index (κ3) is 3.48. The highest BCUT2D eigenvalue weighted by Crippen LogP contribution is 2.31. The Morgan fingerprint density at radius 3 is 2.60 bits per heavy atom. The Morgan fingerprint density at radius 1 is 0.967 bits per heavy atom. The Balaban J connectivity index is 1.55. The molecule has 1 amide bonds. The summed E-state index contributed by atoms with van der Waals surface area (Å²) in [7, 11) is 0. The first-order valence-corrected chi connectivity index (χ1v) is 10.5. The minimum absolute atomic E-state index is 0.0383. The van der Waals surface area contributed by atoms with Crippen LogP contribution in [0.2, 0.25) is 0 Å². The van der Waals surface area contributed by atoms with Gasteiger partial charge in [-0.15, -0.1) is 0 Å². The van der Waals surface area contributed by atoms with E-state index in [4.69, 9.17) is 4.98 Å². The third-order valence-electron chi connectivity index (χ3n) is 5.98. The molecule has 0 saturated heterocycles. The molecule has 0 unspecified atom stereocenters. The van der Waals surface area contributed by atoms with Gasteiger partial charge < -0.3 is 5.32 Å². The molecule has 0 radical (unpaired) electrons. The SMILES string of the molecule is Cc1ccc(-c2cc(C(=O)N[C@H]3CCCc4ccccc43)c3ccccc3n2)cc1. The van der Waals surface area contributed by atoms with E-state index >= 15 is 0 Å². The highest BCUT2D eigenvalue weighted by Gasteiger charge is 2.23. The lowest BCUT2D eigenvalue weighted by atomic mass is 9.87. The Bertz CT molecular complexity index is 1230. The Morgan fingerprint density at radius 2 is 1.73 bits per heavy atom. The predicted molar refractivity (Wildman–Crippen MR) is 122 cm³/mol. The van der Waals surface area contributed by atoms with Crippen LogP contribution in [0, 0.1) is 6.92 Å². The zero-order valence-corrected chi connectivity index (χ0v) is 17.1. The molecule has 1 aliphatic carbocycles. The normalized spacial score (nSPS) is 15.6. The molecule has 0 spiro atoms.